The third kappa shape index (κ3) is 72.4. The molecule has 2 unspecified atom stereocenters. The Morgan fingerprint density at radius 1 is 0.276 bits per heavy atom. The van der Waals surface area contributed by atoms with Crippen molar-refractivity contribution < 1.29 is 80.2 Å². The minimum absolute atomic E-state index is 0.106. The fraction of sp³-hybridized carbons (Fsp3) is 0.949. The number of hydrogen-bond donors (Lipinski definition) is 3. The Kier molecular flexibility index (Phi) is 70.6. The van der Waals surface area contributed by atoms with Crippen LogP contribution < -0.4 is 0 Å². The van der Waals surface area contributed by atoms with E-state index in [0.29, 0.717) is 25.7 Å². The first-order valence-electron chi connectivity index (χ1n) is 41.1. The highest BCUT2D eigenvalue weighted by Gasteiger charge is 2.30. The lowest BCUT2D eigenvalue weighted by Gasteiger charge is -2.21. The standard InChI is InChI=1S/C79H154O17P2/c1-6-9-12-15-18-21-24-26-28-29-30-31-32-33-34-36-39-44-49-54-59-64-78(83)95-74(68-90-77(82)63-58-53-48-43-38-35-27-25-22-19-16-13-10-7-2)70-93-97(85,86)91-66-73(80)67-92-98(87,88)94-71-75(69-89-76(81)62-57-52-47-42-37-23-20-17-14-11-8-3)96-79(84)65-60-55-50-45-40-41-46-51-56-61-72(4)5/h72-75,80H,6-71H2,1-5H3,(H,85,86)(H,87,88)/t73-,74-,75-/m1/s1. The highest BCUT2D eigenvalue weighted by atomic mass is 31.2. The lowest BCUT2D eigenvalue weighted by molar-refractivity contribution is -0.161. The molecule has 0 radical (unpaired) electrons. The maximum absolute atomic E-state index is 13.1. The Labute approximate surface area is 600 Å². The molecule has 3 N–H and O–H groups in total. The average Bonchev–Trinajstić information content (AvgIpc) is 1.08. The summed E-state index contributed by atoms with van der Waals surface area (Å²) in [6, 6.07) is 0. The van der Waals surface area contributed by atoms with Crippen LogP contribution in [0.15, 0.2) is 0 Å². The van der Waals surface area contributed by atoms with E-state index in [9.17, 15) is 43.2 Å². The lowest BCUT2D eigenvalue weighted by atomic mass is 10.0. The van der Waals surface area contributed by atoms with Crippen molar-refractivity contribution in [3.63, 3.8) is 0 Å². The Balaban J connectivity index is 5.21. The molecular weight excluding hydrogens is 1280 g/mol. The van der Waals surface area contributed by atoms with E-state index in [1.807, 2.05) is 0 Å². The molecular formula is C79H154O17P2. The van der Waals surface area contributed by atoms with Gasteiger partial charge in [0, 0.05) is 25.7 Å². The summed E-state index contributed by atoms with van der Waals surface area (Å²) < 4.78 is 68.6. The van der Waals surface area contributed by atoms with Crippen LogP contribution in [0.25, 0.3) is 0 Å². The molecule has 0 aliphatic heterocycles. The Hall–Kier alpha value is -1.94. The second-order valence-electron chi connectivity index (χ2n) is 28.9. The minimum Gasteiger partial charge on any atom is -0.462 e. The second-order valence-corrected chi connectivity index (χ2v) is 31.8. The van der Waals surface area contributed by atoms with Gasteiger partial charge in [0.05, 0.1) is 26.4 Å². The summed E-state index contributed by atoms with van der Waals surface area (Å²) in [4.78, 5) is 72.9. The van der Waals surface area contributed by atoms with Gasteiger partial charge in [-0.2, -0.15) is 0 Å². The molecule has 0 amide bonds. The first-order valence-corrected chi connectivity index (χ1v) is 44.1. The molecule has 0 aromatic rings. The van der Waals surface area contributed by atoms with Crippen molar-refractivity contribution in [1.29, 1.82) is 0 Å². The van der Waals surface area contributed by atoms with E-state index in [-0.39, 0.29) is 25.7 Å². The van der Waals surface area contributed by atoms with Crippen LogP contribution in [0.1, 0.15) is 420 Å². The van der Waals surface area contributed by atoms with E-state index < -0.39 is 97.5 Å². The molecule has 0 rings (SSSR count). The number of unbranched alkanes of at least 4 members (excludes halogenated alkanes) is 51. The third-order valence-electron chi connectivity index (χ3n) is 18.5. The zero-order valence-corrected chi connectivity index (χ0v) is 65.7. The van der Waals surface area contributed by atoms with Gasteiger partial charge in [-0.1, -0.05) is 369 Å². The summed E-state index contributed by atoms with van der Waals surface area (Å²) >= 11 is 0. The van der Waals surface area contributed by atoms with Crippen molar-refractivity contribution in [2.75, 3.05) is 39.6 Å². The number of phosphoric ester groups is 2. The summed E-state index contributed by atoms with van der Waals surface area (Å²) in [6.45, 7) is 7.29. The van der Waals surface area contributed by atoms with Crippen LogP contribution in [0.5, 0.6) is 0 Å². The molecule has 0 fully saturated rings. The van der Waals surface area contributed by atoms with Crippen LogP contribution in [0.4, 0.5) is 0 Å². The Morgan fingerprint density at radius 2 is 0.469 bits per heavy atom. The highest BCUT2D eigenvalue weighted by molar-refractivity contribution is 7.47. The van der Waals surface area contributed by atoms with E-state index >= 15 is 0 Å². The number of rotatable bonds is 79. The zero-order valence-electron chi connectivity index (χ0n) is 63.9. The lowest BCUT2D eigenvalue weighted by Crippen LogP contribution is -2.30. The molecule has 98 heavy (non-hydrogen) atoms. The number of phosphoric acid groups is 2. The molecule has 0 aromatic carbocycles. The van der Waals surface area contributed by atoms with Crippen molar-refractivity contribution in [2.24, 2.45) is 5.92 Å². The van der Waals surface area contributed by atoms with Crippen LogP contribution >= 0.6 is 15.6 Å². The SMILES string of the molecule is CCCCCCCCCCCCCCCCCCCCCCCC(=O)O[C@H](COC(=O)CCCCCCCCCCCCCCCC)COP(=O)(O)OC[C@@H](O)COP(=O)(O)OC[C@@H](COC(=O)CCCCCCCCCCCCC)OC(=O)CCCCCCCCCCCC(C)C. The Bertz CT molecular complexity index is 1870. The Morgan fingerprint density at radius 3 is 0.694 bits per heavy atom. The van der Waals surface area contributed by atoms with Crippen molar-refractivity contribution in [1.82, 2.24) is 0 Å². The topological polar surface area (TPSA) is 237 Å². The van der Waals surface area contributed by atoms with E-state index in [4.69, 9.17) is 37.0 Å². The van der Waals surface area contributed by atoms with E-state index in [2.05, 4.69) is 34.6 Å². The van der Waals surface area contributed by atoms with E-state index in [0.717, 1.165) is 95.8 Å². The molecule has 582 valence electrons. The number of aliphatic hydroxyl groups excluding tert-OH is 1. The van der Waals surface area contributed by atoms with Crippen LogP contribution in [0, 0.1) is 5.92 Å². The van der Waals surface area contributed by atoms with Gasteiger partial charge in [0.15, 0.2) is 12.2 Å². The summed E-state index contributed by atoms with van der Waals surface area (Å²) in [5, 5.41) is 10.6. The molecule has 0 saturated heterocycles. The summed E-state index contributed by atoms with van der Waals surface area (Å²) in [5.41, 5.74) is 0. The maximum atomic E-state index is 13.1. The van der Waals surface area contributed by atoms with E-state index in [1.165, 1.54) is 244 Å². The number of hydrogen-bond acceptors (Lipinski definition) is 15. The quantitative estimate of drug-likeness (QED) is 0.0222. The van der Waals surface area contributed by atoms with Crippen LogP contribution in [-0.4, -0.2) is 96.7 Å². The largest absolute Gasteiger partial charge is 0.472 e. The molecule has 5 atom stereocenters. The molecule has 0 spiro atoms. The number of carbonyl (C=O) groups is 4. The first kappa shape index (κ1) is 96.1. The van der Waals surface area contributed by atoms with Crippen molar-refractivity contribution >= 4 is 39.5 Å². The highest BCUT2D eigenvalue weighted by Crippen LogP contribution is 2.45. The van der Waals surface area contributed by atoms with Gasteiger partial charge >= 0.3 is 39.5 Å². The van der Waals surface area contributed by atoms with Gasteiger partial charge in [-0.25, -0.2) is 9.13 Å². The minimum atomic E-state index is -4.96. The number of carbonyl (C=O) groups excluding carboxylic acids is 4. The molecule has 0 bridgehead atoms. The van der Waals surface area contributed by atoms with Gasteiger partial charge in [0.2, 0.25) is 0 Å². The summed E-state index contributed by atoms with van der Waals surface area (Å²) in [6.07, 6.45) is 62.5. The molecule has 0 aliphatic carbocycles. The smallest absolute Gasteiger partial charge is 0.462 e. The first-order chi connectivity index (χ1) is 47.5. The molecule has 19 heteroatoms. The van der Waals surface area contributed by atoms with Crippen molar-refractivity contribution in [3.8, 4) is 0 Å². The monoisotopic (exact) mass is 1440 g/mol. The fourth-order valence-corrected chi connectivity index (χ4v) is 13.8. The van der Waals surface area contributed by atoms with Gasteiger partial charge in [0.25, 0.3) is 0 Å². The average molecular weight is 1440 g/mol. The predicted octanol–water partition coefficient (Wildman–Crippen LogP) is 23.6. The third-order valence-corrected chi connectivity index (χ3v) is 20.4. The molecule has 0 saturated carbocycles. The van der Waals surface area contributed by atoms with Gasteiger partial charge in [-0.15, -0.1) is 0 Å². The van der Waals surface area contributed by atoms with Crippen molar-refractivity contribution in [3.05, 3.63) is 0 Å². The van der Waals surface area contributed by atoms with Crippen molar-refractivity contribution in [2.45, 2.75) is 438 Å². The fourth-order valence-electron chi connectivity index (χ4n) is 12.2. The molecule has 0 aliphatic rings. The summed E-state index contributed by atoms with van der Waals surface area (Å²) in [7, 11) is -9.91. The van der Waals surface area contributed by atoms with Crippen LogP contribution in [0.2, 0.25) is 0 Å². The number of aliphatic hydroxyl groups is 1. The molecule has 0 heterocycles. The second kappa shape index (κ2) is 72.0. The van der Waals surface area contributed by atoms with Gasteiger partial charge in [-0.3, -0.25) is 37.3 Å². The van der Waals surface area contributed by atoms with Gasteiger partial charge in [-0.05, 0) is 31.6 Å². The van der Waals surface area contributed by atoms with Crippen LogP contribution in [0.3, 0.4) is 0 Å². The van der Waals surface area contributed by atoms with E-state index in [1.54, 1.807) is 0 Å². The van der Waals surface area contributed by atoms with Gasteiger partial charge in [0.1, 0.15) is 19.3 Å². The summed E-state index contributed by atoms with van der Waals surface area (Å²) in [5.74, 6) is -1.37. The van der Waals surface area contributed by atoms with Gasteiger partial charge < -0.3 is 33.8 Å². The number of esters is 4. The molecule has 0 aromatic heterocycles. The maximum Gasteiger partial charge on any atom is 0.472 e. The normalized spacial score (nSPS) is 13.9. The van der Waals surface area contributed by atoms with Crippen LogP contribution in [-0.2, 0) is 65.4 Å². The number of ether oxygens (including phenoxy) is 4. The zero-order chi connectivity index (χ0) is 71.9. The molecule has 17 nitrogen and oxygen atoms in total. The predicted molar refractivity (Wildman–Crippen MR) is 400 cm³/mol.